The summed E-state index contributed by atoms with van der Waals surface area (Å²) in [5, 5.41) is 5.68. The Labute approximate surface area is 106 Å². The first kappa shape index (κ1) is 12.7. The van der Waals surface area contributed by atoms with Gasteiger partial charge in [-0.3, -0.25) is 0 Å². The maximum atomic E-state index is 11.8. The molecule has 1 heterocycles. The number of H-pyrrole nitrogens is 1. The molecule has 2 aromatic rings. The van der Waals surface area contributed by atoms with Gasteiger partial charge in [0.2, 0.25) is 0 Å². The van der Waals surface area contributed by atoms with Gasteiger partial charge in [-0.25, -0.2) is 23.2 Å². The molecule has 2 N–H and O–H groups in total. The topological polar surface area (TPSA) is 87.7 Å². The normalized spacial score (nSPS) is 13.4. The van der Waals surface area contributed by atoms with Gasteiger partial charge < -0.3 is 0 Å². The maximum Gasteiger partial charge on any atom is 0.275 e. The van der Waals surface area contributed by atoms with E-state index in [2.05, 4.69) is 19.9 Å². The van der Waals surface area contributed by atoms with E-state index in [1.807, 2.05) is 37.3 Å². The van der Waals surface area contributed by atoms with E-state index < -0.39 is 10.0 Å². The number of nitrogens with zero attached hydrogens (tertiary/aromatic N) is 2. The SMILES string of the molecule is CC(CNS(=O)(=O)c1ncn[nH]1)c1ccccc1. The molecular weight excluding hydrogens is 252 g/mol. The van der Waals surface area contributed by atoms with Crippen LogP contribution >= 0.6 is 0 Å². The molecule has 0 spiro atoms. The van der Waals surface area contributed by atoms with E-state index >= 15 is 0 Å². The molecule has 0 radical (unpaired) electrons. The highest BCUT2D eigenvalue weighted by Gasteiger charge is 2.18. The Morgan fingerprint density at radius 1 is 1.33 bits per heavy atom. The monoisotopic (exact) mass is 266 g/mol. The molecule has 1 unspecified atom stereocenters. The molecular formula is C11H14N4O2S. The summed E-state index contributed by atoms with van der Waals surface area (Å²) >= 11 is 0. The van der Waals surface area contributed by atoms with Crippen LogP contribution in [0.2, 0.25) is 0 Å². The number of sulfonamides is 1. The molecule has 1 aromatic carbocycles. The molecule has 0 aliphatic carbocycles. The molecule has 0 saturated heterocycles. The number of benzene rings is 1. The van der Waals surface area contributed by atoms with Crippen LogP contribution in [0.5, 0.6) is 0 Å². The van der Waals surface area contributed by atoms with Crippen molar-refractivity contribution in [2.45, 2.75) is 18.0 Å². The van der Waals surface area contributed by atoms with Gasteiger partial charge in [0.15, 0.2) is 0 Å². The molecule has 0 saturated carbocycles. The minimum Gasteiger partial charge on any atom is -0.249 e. The number of hydrogen-bond donors (Lipinski definition) is 2. The van der Waals surface area contributed by atoms with Crippen molar-refractivity contribution in [3.05, 3.63) is 42.2 Å². The number of aromatic nitrogens is 3. The zero-order valence-corrected chi connectivity index (χ0v) is 10.7. The Kier molecular flexibility index (Phi) is 3.73. The average Bonchev–Trinajstić information content (AvgIpc) is 2.92. The van der Waals surface area contributed by atoms with Crippen molar-refractivity contribution in [2.75, 3.05) is 6.54 Å². The summed E-state index contributed by atoms with van der Waals surface area (Å²) in [6, 6.07) is 9.71. The number of aromatic amines is 1. The first-order valence-electron chi connectivity index (χ1n) is 5.49. The van der Waals surface area contributed by atoms with E-state index in [0.717, 1.165) is 11.9 Å². The molecule has 7 heteroatoms. The van der Waals surface area contributed by atoms with Crippen LogP contribution in [0.1, 0.15) is 18.4 Å². The Bertz CT molecular complexity index is 581. The van der Waals surface area contributed by atoms with Crippen LogP contribution in [0, 0.1) is 0 Å². The van der Waals surface area contributed by atoms with Gasteiger partial charge in [0, 0.05) is 6.54 Å². The van der Waals surface area contributed by atoms with E-state index in [9.17, 15) is 8.42 Å². The average molecular weight is 266 g/mol. The zero-order chi connectivity index (χ0) is 13.0. The van der Waals surface area contributed by atoms with Crippen LogP contribution in [0.4, 0.5) is 0 Å². The van der Waals surface area contributed by atoms with Crippen molar-refractivity contribution in [1.29, 1.82) is 0 Å². The van der Waals surface area contributed by atoms with Gasteiger partial charge in [0.25, 0.3) is 15.2 Å². The lowest BCUT2D eigenvalue weighted by Gasteiger charge is -2.12. The summed E-state index contributed by atoms with van der Waals surface area (Å²) in [5.74, 6) is 0.0869. The highest BCUT2D eigenvalue weighted by molar-refractivity contribution is 7.89. The van der Waals surface area contributed by atoms with Crippen LogP contribution in [-0.4, -0.2) is 30.1 Å². The minimum atomic E-state index is -3.60. The third-order valence-electron chi connectivity index (χ3n) is 2.60. The predicted molar refractivity (Wildman–Crippen MR) is 66.4 cm³/mol. The zero-order valence-electron chi connectivity index (χ0n) is 9.87. The Morgan fingerprint density at radius 3 is 2.67 bits per heavy atom. The second-order valence-corrected chi connectivity index (χ2v) is 5.64. The highest BCUT2D eigenvalue weighted by Crippen LogP contribution is 2.13. The third-order valence-corrected chi connectivity index (χ3v) is 3.85. The molecule has 0 amide bonds. The molecule has 0 aliphatic rings. The van der Waals surface area contributed by atoms with Gasteiger partial charge in [-0.2, -0.15) is 5.10 Å². The van der Waals surface area contributed by atoms with Crippen LogP contribution in [0.3, 0.4) is 0 Å². The van der Waals surface area contributed by atoms with E-state index in [1.54, 1.807) is 0 Å². The molecule has 2 rings (SSSR count). The summed E-state index contributed by atoms with van der Waals surface area (Å²) in [5.41, 5.74) is 1.08. The fourth-order valence-electron chi connectivity index (χ4n) is 1.53. The lowest BCUT2D eigenvalue weighted by atomic mass is 10.0. The van der Waals surface area contributed by atoms with Crippen LogP contribution in [-0.2, 0) is 10.0 Å². The molecule has 1 aromatic heterocycles. The summed E-state index contributed by atoms with van der Waals surface area (Å²) < 4.78 is 26.1. The number of rotatable bonds is 5. The first-order valence-corrected chi connectivity index (χ1v) is 6.98. The molecule has 6 nitrogen and oxygen atoms in total. The van der Waals surface area contributed by atoms with Crippen LogP contribution < -0.4 is 4.72 Å². The smallest absolute Gasteiger partial charge is 0.249 e. The van der Waals surface area contributed by atoms with Gasteiger partial charge >= 0.3 is 0 Å². The molecule has 18 heavy (non-hydrogen) atoms. The number of hydrogen-bond acceptors (Lipinski definition) is 4. The molecule has 0 bridgehead atoms. The second-order valence-electron chi connectivity index (χ2n) is 3.95. The molecule has 0 fully saturated rings. The van der Waals surface area contributed by atoms with E-state index in [-0.39, 0.29) is 11.1 Å². The summed E-state index contributed by atoms with van der Waals surface area (Å²) in [4.78, 5) is 3.62. The fraction of sp³-hybridized carbons (Fsp3) is 0.273. The lowest BCUT2D eigenvalue weighted by molar-refractivity contribution is 0.566. The van der Waals surface area contributed by atoms with Gasteiger partial charge in [-0.15, -0.1) is 0 Å². The van der Waals surface area contributed by atoms with Crippen molar-refractivity contribution in [2.24, 2.45) is 0 Å². The van der Waals surface area contributed by atoms with Crippen molar-refractivity contribution < 1.29 is 8.42 Å². The van der Waals surface area contributed by atoms with Crippen molar-refractivity contribution in [1.82, 2.24) is 19.9 Å². The summed E-state index contributed by atoms with van der Waals surface area (Å²) in [6.45, 7) is 2.27. The van der Waals surface area contributed by atoms with Gasteiger partial charge in [-0.05, 0) is 11.5 Å². The number of nitrogens with one attached hydrogen (secondary N) is 2. The fourth-order valence-corrected chi connectivity index (χ4v) is 2.49. The van der Waals surface area contributed by atoms with Gasteiger partial charge in [0.05, 0.1) is 0 Å². The Hall–Kier alpha value is -1.73. The predicted octanol–water partition coefficient (Wildman–Crippen LogP) is 0.887. The van der Waals surface area contributed by atoms with Crippen LogP contribution in [0.15, 0.2) is 41.8 Å². The summed E-state index contributed by atoms with van der Waals surface area (Å²) in [6.07, 6.45) is 1.16. The summed E-state index contributed by atoms with van der Waals surface area (Å²) in [7, 11) is -3.60. The van der Waals surface area contributed by atoms with Crippen LogP contribution in [0.25, 0.3) is 0 Å². The van der Waals surface area contributed by atoms with Gasteiger partial charge in [0.1, 0.15) is 6.33 Å². The highest BCUT2D eigenvalue weighted by atomic mass is 32.2. The standard InChI is InChI=1S/C11H14N4O2S/c1-9(10-5-3-2-4-6-10)7-14-18(16,17)11-12-8-13-15-11/h2-6,8-9,14H,7H2,1H3,(H,12,13,15). The maximum absolute atomic E-state index is 11.8. The van der Waals surface area contributed by atoms with E-state index in [4.69, 9.17) is 0 Å². The van der Waals surface area contributed by atoms with Gasteiger partial charge in [-0.1, -0.05) is 37.3 Å². The first-order chi connectivity index (χ1) is 8.59. The largest absolute Gasteiger partial charge is 0.275 e. The molecule has 1 atom stereocenters. The van der Waals surface area contributed by atoms with E-state index in [0.29, 0.717) is 6.54 Å². The Morgan fingerprint density at radius 2 is 2.06 bits per heavy atom. The lowest BCUT2D eigenvalue weighted by Crippen LogP contribution is -2.28. The van der Waals surface area contributed by atoms with E-state index in [1.165, 1.54) is 0 Å². The minimum absolute atomic E-state index is 0.0869. The Balaban J connectivity index is 2.00. The van der Waals surface area contributed by atoms with Crippen molar-refractivity contribution in [3.63, 3.8) is 0 Å². The van der Waals surface area contributed by atoms with Crippen molar-refractivity contribution in [3.8, 4) is 0 Å². The second kappa shape index (κ2) is 5.28. The third kappa shape index (κ3) is 2.93. The molecule has 0 aliphatic heterocycles. The quantitative estimate of drug-likeness (QED) is 0.841. The molecule has 96 valence electrons. The van der Waals surface area contributed by atoms with Crippen molar-refractivity contribution >= 4 is 10.0 Å².